The predicted molar refractivity (Wildman–Crippen MR) is 74.8 cm³/mol. The molecule has 1 aliphatic heterocycles. The van der Waals surface area contributed by atoms with Crippen molar-refractivity contribution in [3.8, 4) is 5.75 Å². The first-order chi connectivity index (χ1) is 9.70. The molecule has 20 heavy (non-hydrogen) atoms. The Labute approximate surface area is 118 Å². The standard InChI is InChI=1S/C14H20N2O4/c17-11-12-4-5-13(16(18)19)14(10-12)20-9-3-8-15-6-1-2-7-15/h4-5,10,17H,1-3,6-9,11H2. The fourth-order valence-corrected chi connectivity index (χ4v) is 2.40. The lowest BCUT2D eigenvalue weighted by molar-refractivity contribution is -0.385. The van der Waals surface area contributed by atoms with Gasteiger partial charge in [0.25, 0.3) is 0 Å². The minimum atomic E-state index is -0.461. The predicted octanol–water partition coefficient (Wildman–Crippen LogP) is 1.95. The average molecular weight is 280 g/mol. The van der Waals surface area contributed by atoms with Crippen molar-refractivity contribution in [3.63, 3.8) is 0 Å². The third-order valence-electron chi connectivity index (χ3n) is 3.48. The van der Waals surface area contributed by atoms with Gasteiger partial charge in [-0.25, -0.2) is 0 Å². The van der Waals surface area contributed by atoms with Gasteiger partial charge >= 0.3 is 5.69 Å². The number of nitro groups is 1. The van der Waals surface area contributed by atoms with E-state index in [1.54, 1.807) is 0 Å². The van der Waals surface area contributed by atoms with E-state index < -0.39 is 4.92 Å². The van der Waals surface area contributed by atoms with Crippen LogP contribution >= 0.6 is 0 Å². The molecule has 0 unspecified atom stereocenters. The van der Waals surface area contributed by atoms with Crippen LogP contribution in [0.3, 0.4) is 0 Å². The van der Waals surface area contributed by atoms with E-state index in [-0.39, 0.29) is 18.0 Å². The molecule has 0 aromatic heterocycles. The third-order valence-corrected chi connectivity index (χ3v) is 3.48. The Balaban J connectivity index is 1.88. The first kappa shape index (κ1) is 14.7. The first-order valence-corrected chi connectivity index (χ1v) is 6.94. The average Bonchev–Trinajstić information content (AvgIpc) is 2.96. The van der Waals surface area contributed by atoms with Crippen molar-refractivity contribution in [1.29, 1.82) is 0 Å². The summed E-state index contributed by atoms with van der Waals surface area (Å²) in [6, 6.07) is 4.45. The molecule has 6 nitrogen and oxygen atoms in total. The highest BCUT2D eigenvalue weighted by atomic mass is 16.6. The van der Waals surface area contributed by atoms with Crippen molar-refractivity contribution < 1.29 is 14.8 Å². The monoisotopic (exact) mass is 280 g/mol. The highest BCUT2D eigenvalue weighted by molar-refractivity contribution is 5.48. The molecule has 1 aromatic rings. The Morgan fingerprint density at radius 3 is 2.75 bits per heavy atom. The molecule has 0 amide bonds. The van der Waals surface area contributed by atoms with Crippen LogP contribution in [0.4, 0.5) is 5.69 Å². The number of aliphatic hydroxyl groups excluding tert-OH is 1. The maximum absolute atomic E-state index is 10.9. The highest BCUT2D eigenvalue weighted by Crippen LogP contribution is 2.28. The van der Waals surface area contributed by atoms with Crippen LogP contribution in [0.15, 0.2) is 18.2 Å². The van der Waals surface area contributed by atoms with E-state index >= 15 is 0 Å². The maximum Gasteiger partial charge on any atom is 0.310 e. The molecule has 1 fully saturated rings. The fourth-order valence-electron chi connectivity index (χ4n) is 2.40. The smallest absolute Gasteiger partial charge is 0.310 e. The van der Waals surface area contributed by atoms with Gasteiger partial charge in [-0.1, -0.05) is 0 Å². The van der Waals surface area contributed by atoms with Gasteiger partial charge < -0.3 is 14.7 Å². The molecule has 1 aromatic carbocycles. The van der Waals surface area contributed by atoms with Crippen LogP contribution in [0, 0.1) is 10.1 Å². The molecule has 6 heteroatoms. The van der Waals surface area contributed by atoms with E-state index in [9.17, 15) is 10.1 Å². The summed E-state index contributed by atoms with van der Waals surface area (Å²) in [6.07, 6.45) is 3.36. The molecule has 0 atom stereocenters. The summed E-state index contributed by atoms with van der Waals surface area (Å²) in [5.74, 6) is 0.239. The Hall–Kier alpha value is -1.66. The zero-order valence-electron chi connectivity index (χ0n) is 11.5. The van der Waals surface area contributed by atoms with E-state index in [0.717, 1.165) is 26.1 Å². The summed E-state index contributed by atoms with van der Waals surface area (Å²) in [6.45, 7) is 3.54. The number of nitro benzene ring substituents is 1. The van der Waals surface area contributed by atoms with E-state index in [1.165, 1.54) is 31.0 Å². The van der Waals surface area contributed by atoms with E-state index in [4.69, 9.17) is 9.84 Å². The van der Waals surface area contributed by atoms with Crippen molar-refractivity contribution >= 4 is 5.69 Å². The number of ether oxygens (including phenoxy) is 1. The number of hydrogen-bond donors (Lipinski definition) is 1. The molecular weight excluding hydrogens is 260 g/mol. The van der Waals surface area contributed by atoms with Crippen molar-refractivity contribution in [1.82, 2.24) is 4.90 Å². The van der Waals surface area contributed by atoms with Gasteiger partial charge in [0.1, 0.15) is 0 Å². The summed E-state index contributed by atoms with van der Waals surface area (Å²) >= 11 is 0. The Morgan fingerprint density at radius 1 is 1.35 bits per heavy atom. The van der Waals surface area contributed by atoms with Crippen LogP contribution in [0.5, 0.6) is 5.75 Å². The summed E-state index contributed by atoms with van der Waals surface area (Å²) in [5.41, 5.74) is 0.563. The fraction of sp³-hybridized carbons (Fsp3) is 0.571. The molecule has 0 aliphatic carbocycles. The molecule has 2 rings (SSSR count). The molecule has 1 heterocycles. The molecule has 0 bridgehead atoms. The number of benzene rings is 1. The summed E-state index contributed by atoms with van der Waals surface area (Å²) in [5, 5.41) is 20.0. The molecular formula is C14H20N2O4. The Bertz CT molecular complexity index is 458. The topological polar surface area (TPSA) is 75.8 Å². The Morgan fingerprint density at radius 2 is 2.10 bits per heavy atom. The van der Waals surface area contributed by atoms with Crippen LogP contribution in [0.2, 0.25) is 0 Å². The molecule has 1 saturated heterocycles. The lowest BCUT2D eigenvalue weighted by Gasteiger charge is -2.14. The minimum Gasteiger partial charge on any atom is -0.487 e. The third kappa shape index (κ3) is 3.91. The van der Waals surface area contributed by atoms with Gasteiger partial charge in [0.2, 0.25) is 0 Å². The van der Waals surface area contributed by atoms with Gasteiger partial charge in [-0.2, -0.15) is 0 Å². The largest absolute Gasteiger partial charge is 0.487 e. The van der Waals surface area contributed by atoms with Crippen LogP contribution in [-0.2, 0) is 6.61 Å². The highest BCUT2D eigenvalue weighted by Gasteiger charge is 2.16. The van der Waals surface area contributed by atoms with Crippen molar-refractivity contribution in [2.24, 2.45) is 0 Å². The summed E-state index contributed by atoms with van der Waals surface area (Å²) in [4.78, 5) is 12.8. The van der Waals surface area contributed by atoms with E-state index in [0.29, 0.717) is 12.2 Å². The van der Waals surface area contributed by atoms with Crippen LogP contribution < -0.4 is 4.74 Å². The normalized spacial score (nSPS) is 15.4. The van der Waals surface area contributed by atoms with Crippen LogP contribution in [-0.4, -0.2) is 41.2 Å². The first-order valence-electron chi connectivity index (χ1n) is 6.94. The lowest BCUT2D eigenvalue weighted by Crippen LogP contribution is -2.22. The molecule has 1 N–H and O–H groups in total. The molecule has 110 valence electrons. The van der Waals surface area contributed by atoms with Gasteiger partial charge in [0, 0.05) is 12.6 Å². The zero-order valence-corrected chi connectivity index (χ0v) is 11.5. The molecule has 1 aliphatic rings. The van der Waals surface area contributed by atoms with E-state index in [2.05, 4.69) is 4.90 Å². The number of nitrogens with zero attached hydrogens (tertiary/aromatic N) is 2. The number of likely N-dealkylation sites (tertiary alicyclic amines) is 1. The van der Waals surface area contributed by atoms with Gasteiger partial charge in [0.05, 0.1) is 18.1 Å². The summed E-state index contributed by atoms with van der Waals surface area (Å²) in [7, 11) is 0. The second-order valence-electron chi connectivity index (χ2n) is 4.97. The van der Waals surface area contributed by atoms with Gasteiger partial charge in [-0.3, -0.25) is 10.1 Å². The second kappa shape index (κ2) is 7.21. The molecule has 0 radical (unpaired) electrons. The van der Waals surface area contributed by atoms with Gasteiger partial charge in [-0.15, -0.1) is 0 Å². The maximum atomic E-state index is 10.9. The minimum absolute atomic E-state index is 0.0524. The van der Waals surface area contributed by atoms with Crippen LogP contribution in [0.25, 0.3) is 0 Å². The zero-order chi connectivity index (χ0) is 14.4. The molecule has 0 saturated carbocycles. The SMILES string of the molecule is O=[N+]([O-])c1ccc(CO)cc1OCCCN1CCCC1. The number of rotatable bonds is 7. The second-order valence-corrected chi connectivity index (χ2v) is 4.97. The quantitative estimate of drug-likeness (QED) is 0.469. The van der Waals surface area contributed by atoms with Gasteiger partial charge in [0.15, 0.2) is 5.75 Å². The van der Waals surface area contributed by atoms with Crippen LogP contribution in [0.1, 0.15) is 24.8 Å². The number of hydrogen-bond acceptors (Lipinski definition) is 5. The Kier molecular flexibility index (Phi) is 5.31. The number of aliphatic hydroxyl groups is 1. The van der Waals surface area contributed by atoms with E-state index in [1.807, 2.05) is 0 Å². The molecule has 0 spiro atoms. The lowest BCUT2D eigenvalue weighted by atomic mass is 10.2. The van der Waals surface area contributed by atoms with Crippen molar-refractivity contribution in [2.75, 3.05) is 26.2 Å². The van der Waals surface area contributed by atoms with Crippen molar-refractivity contribution in [2.45, 2.75) is 25.9 Å². The summed E-state index contributed by atoms with van der Waals surface area (Å²) < 4.78 is 5.52. The van der Waals surface area contributed by atoms with Crippen molar-refractivity contribution in [3.05, 3.63) is 33.9 Å². The van der Waals surface area contributed by atoms with Gasteiger partial charge in [-0.05, 0) is 50.0 Å².